The molecule has 2 aromatic carbocycles. The number of benzene rings is 2. The summed E-state index contributed by atoms with van der Waals surface area (Å²) in [7, 11) is 0. The molecule has 1 fully saturated rings. The fraction of sp³-hybridized carbons (Fsp3) is 0.308. The number of nitrogens with two attached hydrogens (primary N) is 1. The Kier molecular flexibility index (Phi) is 5.61. The van der Waals surface area contributed by atoms with Crippen molar-refractivity contribution in [1.29, 1.82) is 5.41 Å². The number of nitrogens with zero attached hydrogens (tertiary/aromatic N) is 2. The first-order valence-electron chi connectivity index (χ1n) is 11.2. The van der Waals surface area contributed by atoms with E-state index >= 15 is 0 Å². The molecule has 8 heteroatoms. The van der Waals surface area contributed by atoms with E-state index in [2.05, 4.69) is 29.8 Å². The van der Waals surface area contributed by atoms with E-state index in [1.165, 1.54) is 6.20 Å². The van der Waals surface area contributed by atoms with E-state index in [9.17, 15) is 4.39 Å². The average Bonchev–Trinajstić information content (AvgIpc) is 2.81. The first-order valence-corrected chi connectivity index (χ1v) is 11.2. The molecule has 7 nitrogen and oxygen atoms in total. The summed E-state index contributed by atoms with van der Waals surface area (Å²) in [5, 5.41) is 7.58. The van der Waals surface area contributed by atoms with Crippen LogP contribution in [0.25, 0.3) is 11.1 Å². The lowest BCUT2D eigenvalue weighted by Crippen LogP contribution is -2.48. The molecule has 5 rings (SSSR count). The van der Waals surface area contributed by atoms with Gasteiger partial charge in [-0.05, 0) is 61.9 Å². The highest BCUT2D eigenvalue weighted by Gasteiger charge is 2.32. The standard InChI is InChI=1S/C26H27FN4O3/c1-26(2)15-31(10-11-33-26)17-6-8-23-20(13-17)21(14-32-25(28)29)19-12-16(5-7-22(19)34-23)18-4-3-9-30-24(18)27/h3-9,12-13,21H,10-11,14-15H2,1-2H3,(H3,28,29). The van der Waals surface area contributed by atoms with Crippen LogP contribution in [0.2, 0.25) is 0 Å². The molecule has 1 unspecified atom stereocenters. The molecule has 1 aromatic heterocycles. The minimum atomic E-state index is -0.534. The summed E-state index contributed by atoms with van der Waals surface area (Å²) < 4.78 is 32.0. The van der Waals surface area contributed by atoms with Crippen LogP contribution in [-0.4, -0.2) is 42.9 Å². The molecule has 34 heavy (non-hydrogen) atoms. The Morgan fingerprint density at radius 3 is 2.71 bits per heavy atom. The van der Waals surface area contributed by atoms with Crippen molar-refractivity contribution in [3.05, 3.63) is 71.8 Å². The number of pyridine rings is 1. The van der Waals surface area contributed by atoms with Crippen LogP contribution >= 0.6 is 0 Å². The number of rotatable bonds is 4. The van der Waals surface area contributed by atoms with Gasteiger partial charge in [0, 0.05) is 41.7 Å². The van der Waals surface area contributed by atoms with Gasteiger partial charge < -0.3 is 24.8 Å². The zero-order valence-corrected chi connectivity index (χ0v) is 19.2. The van der Waals surface area contributed by atoms with Gasteiger partial charge in [-0.3, -0.25) is 5.41 Å². The van der Waals surface area contributed by atoms with E-state index in [0.29, 0.717) is 23.5 Å². The lowest BCUT2D eigenvalue weighted by Gasteiger charge is -2.40. The number of anilines is 1. The van der Waals surface area contributed by atoms with Crippen molar-refractivity contribution in [2.75, 3.05) is 31.2 Å². The number of hydrogen-bond acceptors (Lipinski definition) is 6. The highest BCUT2D eigenvalue weighted by Crippen LogP contribution is 2.47. The Morgan fingerprint density at radius 2 is 1.97 bits per heavy atom. The maximum absolute atomic E-state index is 14.4. The minimum Gasteiger partial charge on any atom is -0.465 e. The van der Waals surface area contributed by atoms with E-state index < -0.39 is 5.95 Å². The molecule has 2 aliphatic rings. The molecule has 3 N–H and O–H groups in total. The molecule has 0 spiro atoms. The van der Waals surface area contributed by atoms with Gasteiger partial charge in [0.2, 0.25) is 5.95 Å². The van der Waals surface area contributed by atoms with Gasteiger partial charge in [-0.25, -0.2) is 4.98 Å². The summed E-state index contributed by atoms with van der Waals surface area (Å²) in [4.78, 5) is 6.07. The molecule has 1 atom stereocenters. The maximum atomic E-state index is 14.4. The van der Waals surface area contributed by atoms with E-state index in [4.69, 9.17) is 25.4 Å². The summed E-state index contributed by atoms with van der Waals surface area (Å²) in [6.45, 7) is 6.54. The molecule has 3 heterocycles. The summed E-state index contributed by atoms with van der Waals surface area (Å²) in [5.74, 6) is 0.601. The maximum Gasteiger partial charge on any atom is 0.279 e. The second-order valence-electron chi connectivity index (χ2n) is 9.18. The lowest BCUT2D eigenvalue weighted by atomic mass is 9.86. The molecule has 176 valence electrons. The molecule has 1 saturated heterocycles. The van der Waals surface area contributed by atoms with Gasteiger partial charge in [0.25, 0.3) is 6.02 Å². The van der Waals surface area contributed by atoms with Crippen molar-refractivity contribution in [2.45, 2.75) is 25.4 Å². The third-order valence-electron chi connectivity index (χ3n) is 6.24. The quantitative estimate of drug-likeness (QED) is 0.333. The lowest BCUT2D eigenvalue weighted by molar-refractivity contribution is -0.0277. The molecular formula is C26H27FN4O3. The number of fused-ring (bicyclic) bond motifs is 2. The van der Waals surface area contributed by atoms with Crippen molar-refractivity contribution >= 4 is 11.7 Å². The van der Waals surface area contributed by atoms with Gasteiger partial charge in [0.1, 0.15) is 18.1 Å². The van der Waals surface area contributed by atoms with Gasteiger partial charge >= 0.3 is 0 Å². The highest BCUT2D eigenvalue weighted by atomic mass is 19.1. The Morgan fingerprint density at radius 1 is 1.21 bits per heavy atom. The van der Waals surface area contributed by atoms with Crippen LogP contribution < -0.4 is 15.4 Å². The molecule has 3 aromatic rings. The van der Waals surface area contributed by atoms with Crippen LogP contribution in [0.5, 0.6) is 11.5 Å². The van der Waals surface area contributed by atoms with E-state index in [-0.39, 0.29) is 24.1 Å². The van der Waals surface area contributed by atoms with Crippen LogP contribution in [0.1, 0.15) is 30.9 Å². The normalized spacial score (nSPS) is 18.4. The van der Waals surface area contributed by atoms with Crippen LogP contribution in [0.4, 0.5) is 10.1 Å². The smallest absolute Gasteiger partial charge is 0.279 e. The van der Waals surface area contributed by atoms with Gasteiger partial charge in [-0.1, -0.05) is 6.07 Å². The minimum absolute atomic E-state index is 0.162. The second kappa shape index (κ2) is 8.61. The first kappa shape index (κ1) is 22.2. The molecule has 2 aliphatic heterocycles. The third-order valence-corrected chi connectivity index (χ3v) is 6.24. The van der Waals surface area contributed by atoms with Crippen molar-refractivity contribution in [2.24, 2.45) is 5.73 Å². The Balaban J connectivity index is 1.56. The van der Waals surface area contributed by atoms with Crippen LogP contribution in [0.3, 0.4) is 0 Å². The second-order valence-corrected chi connectivity index (χ2v) is 9.18. The summed E-state index contributed by atoms with van der Waals surface area (Å²) >= 11 is 0. The van der Waals surface area contributed by atoms with E-state index in [1.807, 2.05) is 30.3 Å². The van der Waals surface area contributed by atoms with Crippen LogP contribution in [0, 0.1) is 11.4 Å². The topological polar surface area (TPSA) is 93.7 Å². The molecule has 0 bridgehead atoms. The van der Waals surface area contributed by atoms with Gasteiger partial charge in [-0.15, -0.1) is 0 Å². The SMILES string of the molecule is CC1(C)CN(c2ccc3c(c2)C(COC(=N)N)c2cc(-c4cccnc4F)ccc2O3)CCO1. The van der Waals surface area contributed by atoms with Crippen LogP contribution in [-0.2, 0) is 9.47 Å². The third kappa shape index (κ3) is 4.28. The van der Waals surface area contributed by atoms with E-state index in [1.54, 1.807) is 12.1 Å². The predicted octanol–water partition coefficient (Wildman–Crippen LogP) is 4.65. The summed E-state index contributed by atoms with van der Waals surface area (Å²) in [5.41, 5.74) is 9.21. The molecule has 0 aliphatic carbocycles. The van der Waals surface area contributed by atoms with Crippen molar-refractivity contribution in [1.82, 2.24) is 4.98 Å². The number of ether oxygens (including phenoxy) is 3. The Bertz CT molecular complexity index is 1250. The molecule has 0 saturated carbocycles. The summed E-state index contributed by atoms with van der Waals surface area (Å²) in [6, 6.07) is 14.7. The fourth-order valence-corrected chi connectivity index (χ4v) is 4.66. The molecule has 0 radical (unpaired) electrons. The van der Waals surface area contributed by atoms with Crippen molar-refractivity contribution < 1.29 is 18.6 Å². The van der Waals surface area contributed by atoms with Gasteiger partial charge in [-0.2, -0.15) is 4.39 Å². The van der Waals surface area contributed by atoms with Crippen molar-refractivity contribution in [3.63, 3.8) is 0 Å². The predicted molar refractivity (Wildman–Crippen MR) is 128 cm³/mol. The van der Waals surface area contributed by atoms with Gasteiger partial charge in [0.15, 0.2) is 0 Å². The van der Waals surface area contributed by atoms with Crippen molar-refractivity contribution in [3.8, 4) is 22.6 Å². The fourth-order valence-electron chi connectivity index (χ4n) is 4.66. The number of aromatic nitrogens is 1. The zero-order chi connectivity index (χ0) is 23.9. The Hall–Kier alpha value is -3.65. The number of halogens is 1. The molecular weight excluding hydrogens is 435 g/mol. The largest absolute Gasteiger partial charge is 0.465 e. The monoisotopic (exact) mass is 462 g/mol. The zero-order valence-electron chi connectivity index (χ0n) is 19.2. The number of hydrogen-bond donors (Lipinski definition) is 2. The first-order chi connectivity index (χ1) is 16.3. The van der Waals surface area contributed by atoms with Crippen LogP contribution in [0.15, 0.2) is 54.7 Å². The highest BCUT2D eigenvalue weighted by molar-refractivity contribution is 5.70. The van der Waals surface area contributed by atoms with E-state index in [0.717, 1.165) is 35.7 Å². The summed E-state index contributed by atoms with van der Waals surface area (Å²) in [6.07, 6.45) is 1.43. The van der Waals surface area contributed by atoms with Gasteiger partial charge in [0.05, 0.1) is 18.1 Å². The number of nitrogens with one attached hydrogen (secondary N) is 1. The Labute approximate surface area is 197 Å². The molecule has 0 amide bonds. The number of morpholine rings is 1. The number of amidine groups is 1. The average molecular weight is 463 g/mol.